The first-order valence-electron chi connectivity index (χ1n) is 6.52. The molecule has 0 bridgehead atoms. The zero-order chi connectivity index (χ0) is 15.9. The van der Waals surface area contributed by atoms with E-state index in [1.807, 2.05) is 6.92 Å². The Labute approximate surface area is 137 Å². The molecule has 1 aliphatic heterocycles. The summed E-state index contributed by atoms with van der Waals surface area (Å²) < 4.78 is 11.3. The molecular weight excluding hydrogens is 327 g/mol. The maximum atomic E-state index is 11.8. The minimum Gasteiger partial charge on any atom is -0.456 e. The van der Waals surface area contributed by atoms with Crippen LogP contribution in [0.2, 0.25) is 10.0 Å². The number of furan rings is 1. The maximum Gasteiger partial charge on any atom is 0.277 e. The molecule has 114 valence electrons. The number of carbonyl (C=O) groups excluding carboxylic acids is 1. The summed E-state index contributed by atoms with van der Waals surface area (Å²) in [5.74, 6) is 1.19. The third-order valence-corrected chi connectivity index (χ3v) is 3.89. The average molecular weight is 339 g/mol. The highest BCUT2D eigenvalue weighted by Gasteiger charge is 2.34. The number of hydrogen-bond donors (Lipinski definition) is 0. The second kappa shape index (κ2) is 5.66. The largest absolute Gasteiger partial charge is 0.456 e. The van der Waals surface area contributed by atoms with Crippen molar-refractivity contribution in [1.82, 2.24) is 5.01 Å². The number of ether oxygens (including phenoxy) is 1. The van der Waals surface area contributed by atoms with Crippen molar-refractivity contribution in [3.05, 3.63) is 57.5 Å². The Kier molecular flexibility index (Phi) is 3.85. The van der Waals surface area contributed by atoms with Gasteiger partial charge in [0.1, 0.15) is 5.76 Å². The van der Waals surface area contributed by atoms with Gasteiger partial charge >= 0.3 is 0 Å². The van der Waals surface area contributed by atoms with Crippen LogP contribution in [0.25, 0.3) is 0 Å². The minimum atomic E-state index is -0.701. The van der Waals surface area contributed by atoms with E-state index in [2.05, 4.69) is 5.10 Å². The zero-order valence-electron chi connectivity index (χ0n) is 11.8. The Balaban J connectivity index is 1.95. The number of carbonyl (C=O) groups is 1. The molecule has 0 saturated carbocycles. The SMILES string of the molecule is CC(=O)N1N=C(c2ccc(C)o2)OC1c1ccc(Cl)c(Cl)c1. The molecule has 0 saturated heterocycles. The van der Waals surface area contributed by atoms with Crippen molar-refractivity contribution in [3.63, 3.8) is 0 Å². The second-order valence-electron chi connectivity index (χ2n) is 4.82. The first-order valence-corrected chi connectivity index (χ1v) is 7.28. The number of nitrogens with zero attached hydrogens (tertiary/aromatic N) is 2. The number of halogens is 2. The fraction of sp³-hybridized carbons (Fsp3) is 0.200. The normalized spacial score (nSPS) is 17.4. The molecule has 1 unspecified atom stereocenters. The molecule has 0 aliphatic carbocycles. The molecule has 0 radical (unpaired) electrons. The van der Waals surface area contributed by atoms with Gasteiger partial charge in [0, 0.05) is 12.5 Å². The predicted molar refractivity (Wildman–Crippen MR) is 82.8 cm³/mol. The lowest BCUT2D eigenvalue weighted by Gasteiger charge is -2.19. The van der Waals surface area contributed by atoms with Gasteiger partial charge in [0.05, 0.1) is 10.0 Å². The van der Waals surface area contributed by atoms with Crippen LogP contribution in [0.3, 0.4) is 0 Å². The van der Waals surface area contributed by atoms with Gasteiger partial charge in [-0.25, -0.2) is 0 Å². The van der Waals surface area contributed by atoms with Gasteiger partial charge in [-0.1, -0.05) is 29.3 Å². The summed E-state index contributed by atoms with van der Waals surface area (Å²) in [4.78, 5) is 11.8. The molecule has 1 aromatic heterocycles. The quantitative estimate of drug-likeness (QED) is 0.826. The van der Waals surface area contributed by atoms with Crippen molar-refractivity contribution in [2.75, 3.05) is 0 Å². The van der Waals surface area contributed by atoms with E-state index in [-0.39, 0.29) is 11.8 Å². The van der Waals surface area contributed by atoms with Gasteiger partial charge in [-0.15, -0.1) is 5.10 Å². The molecule has 1 atom stereocenters. The summed E-state index contributed by atoms with van der Waals surface area (Å²) in [6, 6.07) is 8.57. The molecule has 1 aromatic carbocycles. The van der Waals surface area contributed by atoms with E-state index in [1.54, 1.807) is 30.3 Å². The molecule has 0 fully saturated rings. The van der Waals surface area contributed by atoms with Crippen molar-refractivity contribution in [2.24, 2.45) is 5.10 Å². The zero-order valence-corrected chi connectivity index (χ0v) is 13.4. The van der Waals surface area contributed by atoms with E-state index in [4.69, 9.17) is 32.4 Å². The lowest BCUT2D eigenvalue weighted by molar-refractivity contribution is -0.135. The van der Waals surface area contributed by atoms with Crippen LogP contribution in [0.4, 0.5) is 0 Å². The molecule has 0 spiro atoms. The lowest BCUT2D eigenvalue weighted by Crippen LogP contribution is -2.25. The molecule has 0 N–H and O–H groups in total. The van der Waals surface area contributed by atoms with Crippen LogP contribution in [0, 0.1) is 6.92 Å². The fourth-order valence-electron chi connectivity index (χ4n) is 2.10. The number of aryl methyl sites for hydroxylation is 1. The van der Waals surface area contributed by atoms with Crippen LogP contribution in [-0.4, -0.2) is 16.8 Å². The Hall–Kier alpha value is -1.98. The molecule has 7 heteroatoms. The van der Waals surface area contributed by atoms with Gasteiger partial charge in [0.2, 0.25) is 12.1 Å². The molecule has 3 rings (SSSR count). The summed E-state index contributed by atoms with van der Waals surface area (Å²) in [5.41, 5.74) is 0.673. The van der Waals surface area contributed by atoms with Crippen LogP contribution in [-0.2, 0) is 9.53 Å². The van der Waals surface area contributed by atoms with Gasteiger partial charge in [-0.2, -0.15) is 5.01 Å². The maximum absolute atomic E-state index is 11.8. The summed E-state index contributed by atoms with van der Waals surface area (Å²) in [6.45, 7) is 3.23. The second-order valence-corrected chi connectivity index (χ2v) is 5.64. The van der Waals surface area contributed by atoms with E-state index >= 15 is 0 Å². The highest BCUT2D eigenvalue weighted by atomic mass is 35.5. The van der Waals surface area contributed by atoms with Gasteiger partial charge in [-0.3, -0.25) is 4.79 Å². The van der Waals surface area contributed by atoms with Crippen molar-refractivity contribution in [2.45, 2.75) is 20.1 Å². The fourth-order valence-corrected chi connectivity index (χ4v) is 2.40. The van der Waals surface area contributed by atoms with Gasteiger partial charge in [0.15, 0.2) is 5.76 Å². The third kappa shape index (κ3) is 2.69. The Morgan fingerprint density at radius 2 is 2.00 bits per heavy atom. The Morgan fingerprint density at radius 3 is 2.59 bits per heavy atom. The molecule has 2 heterocycles. The highest BCUT2D eigenvalue weighted by Crippen LogP contribution is 2.33. The van der Waals surface area contributed by atoms with E-state index in [1.165, 1.54) is 11.9 Å². The van der Waals surface area contributed by atoms with Gasteiger partial charge < -0.3 is 9.15 Å². The van der Waals surface area contributed by atoms with E-state index in [0.717, 1.165) is 5.76 Å². The van der Waals surface area contributed by atoms with Crippen molar-refractivity contribution < 1.29 is 13.9 Å². The molecule has 22 heavy (non-hydrogen) atoms. The third-order valence-electron chi connectivity index (χ3n) is 3.15. The molecular formula is C15H12Cl2N2O3. The minimum absolute atomic E-state index is 0.249. The number of benzene rings is 1. The van der Waals surface area contributed by atoms with Crippen LogP contribution < -0.4 is 0 Å². The van der Waals surface area contributed by atoms with Gasteiger partial charge in [-0.05, 0) is 31.2 Å². The predicted octanol–water partition coefficient (Wildman–Crippen LogP) is 4.13. The molecule has 1 aliphatic rings. The van der Waals surface area contributed by atoms with E-state index < -0.39 is 6.23 Å². The van der Waals surface area contributed by atoms with Crippen molar-refractivity contribution in [1.29, 1.82) is 0 Å². The number of hydrogen-bond acceptors (Lipinski definition) is 4. The van der Waals surface area contributed by atoms with Gasteiger partial charge in [0.25, 0.3) is 5.90 Å². The van der Waals surface area contributed by atoms with Crippen LogP contribution in [0.15, 0.2) is 39.9 Å². The first kappa shape index (κ1) is 14.9. The number of rotatable bonds is 2. The monoisotopic (exact) mass is 338 g/mol. The van der Waals surface area contributed by atoms with E-state index in [9.17, 15) is 4.79 Å². The topological polar surface area (TPSA) is 55.0 Å². The molecule has 5 nitrogen and oxygen atoms in total. The van der Waals surface area contributed by atoms with Crippen molar-refractivity contribution in [3.8, 4) is 0 Å². The van der Waals surface area contributed by atoms with Crippen molar-refractivity contribution >= 4 is 35.0 Å². The Morgan fingerprint density at radius 1 is 1.23 bits per heavy atom. The standard InChI is InChI=1S/C15H12Cl2N2O3/c1-8-3-6-13(21-8)14-18-19(9(2)20)15(22-14)10-4-5-11(16)12(17)7-10/h3-7,15H,1-2H3. The first-order chi connectivity index (χ1) is 10.5. The molecule has 2 aromatic rings. The Bertz CT molecular complexity index is 770. The summed E-state index contributed by atoms with van der Waals surface area (Å²) in [5, 5.41) is 6.25. The highest BCUT2D eigenvalue weighted by molar-refractivity contribution is 6.42. The number of hydrazone groups is 1. The molecule has 1 amide bonds. The average Bonchev–Trinajstić information content (AvgIpc) is 3.08. The van der Waals surface area contributed by atoms with Crippen LogP contribution in [0.1, 0.15) is 30.2 Å². The number of amides is 1. The smallest absolute Gasteiger partial charge is 0.277 e. The van der Waals surface area contributed by atoms with Crippen LogP contribution in [0.5, 0.6) is 0 Å². The van der Waals surface area contributed by atoms with E-state index in [0.29, 0.717) is 21.4 Å². The lowest BCUT2D eigenvalue weighted by atomic mass is 10.2. The summed E-state index contributed by atoms with van der Waals surface area (Å²) >= 11 is 11.9. The summed E-state index contributed by atoms with van der Waals surface area (Å²) in [6.07, 6.45) is -0.701. The summed E-state index contributed by atoms with van der Waals surface area (Å²) in [7, 11) is 0. The van der Waals surface area contributed by atoms with Crippen LogP contribution >= 0.6 is 23.2 Å².